The highest BCUT2D eigenvalue weighted by molar-refractivity contribution is 5.78. The van der Waals surface area contributed by atoms with Crippen LogP contribution in [0.2, 0.25) is 0 Å². The third-order valence-corrected chi connectivity index (χ3v) is 7.23. The summed E-state index contributed by atoms with van der Waals surface area (Å²) in [6, 6.07) is 8.64. The van der Waals surface area contributed by atoms with Crippen molar-refractivity contribution in [2.24, 2.45) is 5.92 Å². The Labute approximate surface area is 180 Å². The summed E-state index contributed by atoms with van der Waals surface area (Å²) in [7, 11) is 0. The van der Waals surface area contributed by atoms with Gasteiger partial charge in [0.15, 0.2) is 0 Å². The molecule has 0 saturated carbocycles. The number of carbonyl (C=O) groups excluding carboxylic acids is 2. The third kappa shape index (κ3) is 4.86. The maximum absolute atomic E-state index is 13.1. The molecule has 1 aromatic carbocycles. The Hall–Kier alpha value is -1.92. The summed E-state index contributed by atoms with van der Waals surface area (Å²) in [4.78, 5) is 29.1. The zero-order chi connectivity index (χ0) is 21.0. The van der Waals surface area contributed by atoms with Gasteiger partial charge >= 0.3 is 0 Å². The summed E-state index contributed by atoms with van der Waals surface area (Å²) >= 11 is 0. The molecule has 4 rings (SSSR count). The smallest absolute Gasteiger partial charge is 0.224 e. The number of fused-ring (bicyclic) bond motifs is 1. The Bertz CT molecular complexity index is 761. The molecule has 6 heteroatoms. The molecular weight excluding hydrogens is 376 g/mol. The standard InChI is InChI=1S/C24H36N4O2/c1-19(29)26-13-9-23(30)27-17-22-6-3-2-5-21(22)15-24(18-27)10-4-14-28(24)16-20-7-11-25-12-8-20/h2-3,5-6,20,25H,4,7-18H2,1H3,(H,26,29). The van der Waals surface area contributed by atoms with Crippen LogP contribution in [0.25, 0.3) is 0 Å². The van der Waals surface area contributed by atoms with Crippen LogP contribution in [0, 0.1) is 5.92 Å². The molecule has 1 unspecified atom stereocenters. The summed E-state index contributed by atoms with van der Waals surface area (Å²) in [6.07, 6.45) is 6.27. The fraction of sp³-hybridized carbons (Fsp3) is 0.667. The summed E-state index contributed by atoms with van der Waals surface area (Å²) in [5.41, 5.74) is 2.71. The number of carbonyl (C=O) groups is 2. The predicted molar refractivity (Wildman–Crippen MR) is 118 cm³/mol. The highest BCUT2D eigenvalue weighted by Crippen LogP contribution is 2.38. The second-order valence-corrected chi connectivity index (χ2v) is 9.40. The highest BCUT2D eigenvalue weighted by atomic mass is 16.2. The number of nitrogens with one attached hydrogen (secondary N) is 2. The van der Waals surface area contributed by atoms with Crippen LogP contribution in [0.3, 0.4) is 0 Å². The van der Waals surface area contributed by atoms with E-state index < -0.39 is 0 Å². The van der Waals surface area contributed by atoms with E-state index in [0.29, 0.717) is 19.5 Å². The summed E-state index contributed by atoms with van der Waals surface area (Å²) in [5.74, 6) is 0.821. The van der Waals surface area contributed by atoms with Gasteiger partial charge in [0.05, 0.1) is 0 Å². The lowest BCUT2D eigenvalue weighted by atomic mass is 9.86. The summed E-state index contributed by atoms with van der Waals surface area (Å²) < 4.78 is 0. The Kier molecular flexibility index (Phi) is 6.74. The molecule has 2 N–H and O–H groups in total. The first-order valence-electron chi connectivity index (χ1n) is 11.6. The van der Waals surface area contributed by atoms with Gasteiger partial charge in [-0.3, -0.25) is 14.5 Å². The molecule has 6 nitrogen and oxygen atoms in total. The van der Waals surface area contributed by atoms with Gasteiger partial charge in [0.2, 0.25) is 11.8 Å². The van der Waals surface area contributed by atoms with E-state index >= 15 is 0 Å². The Morgan fingerprint density at radius 3 is 2.73 bits per heavy atom. The van der Waals surface area contributed by atoms with E-state index in [1.807, 2.05) is 0 Å². The van der Waals surface area contributed by atoms with Crippen LogP contribution in [-0.2, 0) is 22.6 Å². The number of rotatable bonds is 5. The van der Waals surface area contributed by atoms with Gasteiger partial charge in [-0.1, -0.05) is 24.3 Å². The minimum absolute atomic E-state index is 0.0428. The SMILES string of the molecule is CC(=O)NCCC(=O)N1Cc2ccccc2CC2(CCCN2CC2CCNCC2)C1. The molecule has 2 fully saturated rings. The Balaban J connectivity index is 1.54. The fourth-order valence-corrected chi connectivity index (χ4v) is 5.63. The zero-order valence-electron chi connectivity index (χ0n) is 18.3. The van der Waals surface area contributed by atoms with Gasteiger partial charge in [0, 0.05) is 45.1 Å². The topological polar surface area (TPSA) is 64.7 Å². The van der Waals surface area contributed by atoms with Crippen LogP contribution in [0.4, 0.5) is 0 Å². The molecule has 0 bridgehead atoms. The predicted octanol–water partition coefficient (Wildman–Crippen LogP) is 1.93. The minimum Gasteiger partial charge on any atom is -0.356 e. The Morgan fingerprint density at radius 1 is 1.20 bits per heavy atom. The highest BCUT2D eigenvalue weighted by Gasteiger charge is 2.45. The normalized spacial score (nSPS) is 25.2. The van der Waals surface area contributed by atoms with Crippen molar-refractivity contribution in [3.05, 3.63) is 35.4 Å². The number of nitrogens with zero attached hydrogens (tertiary/aromatic N) is 2. The van der Waals surface area contributed by atoms with Crippen molar-refractivity contribution < 1.29 is 9.59 Å². The molecule has 30 heavy (non-hydrogen) atoms. The molecule has 1 atom stereocenters. The van der Waals surface area contributed by atoms with Gasteiger partial charge < -0.3 is 15.5 Å². The van der Waals surface area contributed by atoms with Crippen LogP contribution in [0.15, 0.2) is 24.3 Å². The molecule has 164 valence electrons. The number of amides is 2. The van der Waals surface area contributed by atoms with Gasteiger partial charge in [-0.15, -0.1) is 0 Å². The van der Waals surface area contributed by atoms with E-state index in [1.165, 1.54) is 37.3 Å². The second-order valence-electron chi connectivity index (χ2n) is 9.40. The van der Waals surface area contributed by atoms with Crippen molar-refractivity contribution in [2.75, 3.05) is 39.3 Å². The van der Waals surface area contributed by atoms with Crippen molar-refractivity contribution in [3.8, 4) is 0 Å². The number of hydrogen-bond acceptors (Lipinski definition) is 4. The molecule has 0 aliphatic carbocycles. The molecule has 3 aliphatic rings. The molecule has 2 amide bonds. The van der Waals surface area contributed by atoms with Gasteiger partial charge in [-0.05, 0) is 68.8 Å². The summed E-state index contributed by atoms with van der Waals surface area (Å²) in [6.45, 7) is 7.93. The number of hydrogen-bond donors (Lipinski definition) is 2. The Morgan fingerprint density at radius 2 is 1.97 bits per heavy atom. The van der Waals surface area contributed by atoms with E-state index in [2.05, 4.69) is 44.7 Å². The molecule has 0 aromatic heterocycles. The third-order valence-electron chi connectivity index (χ3n) is 7.23. The molecule has 3 heterocycles. The van der Waals surface area contributed by atoms with E-state index in [9.17, 15) is 9.59 Å². The van der Waals surface area contributed by atoms with Crippen LogP contribution < -0.4 is 10.6 Å². The fourth-order valence-electron chi connectivity index (χ4n) is 5.63. The zero-order valence-corrected chi connectivity index (χ0v) is 18.3. The quantitative estimate of drug-likeness (QED) is 0.776. The maximum Gasteiger partial charge on any atom is 0.224 e. The lowest BCUT2D eigenvalue weighted by molar-refractivity contribution is -0.133. The van der Waals surface area contributed by atoms with E-state index in [1.54, 1.807) is 0 Å². The van der Waals surface area contributed by atoms with Gasteiger partial charge in [-0.2, -0.15) is 0 Å². The first kappa shape index (κ1) is 21.3. The van der Waals surface area contributed by atoms with Crippen LogP contribution in [-0.4, -0.2) is 66.4 Å². The molecule has 1 aromatic rings. The van der Waals surface area contributed by atoms with Crippen molar-refractivity contribution in [1.29, 1.82) is 0 Å². The monoisotopic (exact) mass is 412 g/mol. The first-order chi connectivity index (χ1) is 14.6. The molecular formula is C24H36N4O2. The van der Waals surface area contributed by atoms with Crippen molar-refractivity contribution >= 4 is 11.8 Å². The average molecular weight is 413 g/mol. The van der Waals surface area contributed by atoms with Gasteiger partial charge in [-0.25, -0.2) is 0 Å². The average Bonchev–Trinajstić information content (AvgIpc) is 3.01. The van der Waals surface area contributed by atoms with Crippen LogP contribution in [0.1, 0.15) is 50.2 Å². The van der Waals surface area contributed by atoms with Crippen LogP contribution >= 0.6 is 0 Å². The van der Waals surface area contributed by atoms with Crippen molar-refractivity contribution in [3.63, 3.8) is 0 Å². The molecule has 2 saturated heterocycles. The van der Waals surface area contributed by atoms with E-state index in [0.717, 1.165) is 51.5 Å². The largest absolute Gasteiger partial charge is 0.356 e. The molecule has 1 spiro atoms. The van der Waals surface area contributed by atoms with Gasteiger partial charge in [0.25, 0.3) is 0 Å². The number of likely N-dealkylation sites (tertiary alicyclic amines) is 1. The number of piperidine rings is 1. The van der Waals surface area contributed by atoms with Crippen molar-refractivity contribution in [1.82, 2.24) is 20.4 Å². The second kappa shape index (κ2) is 9.48. The number of benzene rings is 1. The van der Waals surface area contributed by atoms with Gasteiger partial charge in [0.1, 0.15) is 0 Å². The first-order valence-corrected chi connectivity index (χ1v) is 11.6. The maximum atomic E-state index is 13.1. The lowest BCUT2D eigenvalue weighted by Crippen LogP contribution is -2.55. The molecule has 0 radical (unpaired) electrons. The summed E-state index contributed by atoms with van der Waals surface area (Å²) in [5, 5.41) is 6.25. The van der Waals surface area contributed by atoms with Crippen LogP contribution in [0.5, 0.6) is 0 Å². The lowest BCUT2D eigenvalue weighted by Gasteiger charge is -2.43. The van der Waals surface area contributed by atoms with Crippen molar-refractivity contribution in [2.45, 2.75) is 57.5 Å². The van der Waals surface area contributed by atoms with E-state index in [-0.39, 0.29) is 17.4 Å². The molecule has 3 aliphatic heterocycles. The van der Waals surface area contributed by atoms with E-state index in [4.69, 9.17) is 0 Å². The minimum atomic E-state index is -0.0792.